The fourth-order valence-electron chi connectivity index (χ4n) is 1.62. The molecule has 3 aromatic heterocycles. The molecule has 16 heavy (non-hydrogen) atoms. The van der Waals surface area contributed by atoms with Gasteiger partial charge in [0.25, 0.3) is 0 Å². The minimum absolute atomic E-state index is 0.268. The number of hydrogen-bond donors (Lipinski definition) is 2. The van der Waals surface area contributed by atoms with Gasteiger partial charge in [-0.3, -0.25) is 4.98 Å². The number of anilines is 1. The fraction of sp³-hybridized carbons (Fsp3) is 0. The number of nitrogen functional groups attached to an aromatic ring is 1. The van der Waals surface area contributed by atoms with Crippen LogP contribution in [0.5, 0.6) is 0 Å². The summed E-state index contributed by atoms with van der Waals surface area (Å²) < 4.78 is 0. The van der Waals surface area contributed by atoms with Crippen molar-refractivity contribution < 1.29 is 0 Å². The van der Waals surface area contributed by atoms with Gasteiger partial charge in [-0.05, 0) is 24.3 Å². The number of nitrogens with zero attached hydrogens (tertiary/aromatic N) is 3. The van der Waals surface area contributed by atoms with Gasteiger partial charge in [0, 0.05) is 12.4 Å². The summed E-state index contributed by atoms with van der Waals surface area (Å²) in [4.78, 5) is 15.5. The Morgan fingerprint density at radius 2 is 2.06 bits per heavy atom. The molecule has 0 aliphatic rings. The molecule has 0 fully saturated rings. The first-order valence-electron chi connectivity index (χ1n) is 4.85. The van der Waals surface area contributed by atoms with E-state index in [0.29, 0.717) is 0 Å². The molecule has 3 N–H and O–H groups in total. The molecule has 3 heterocycles. The third-order valence-electron chi connectivity index (χ3n) is 2.34. The van der Waals surface area contributed by atoms with Gasteiger partial charge in [-0.1, -0.05) is 0 Å². The summed E-state index contributed by atoms with van der Waals surface area (Å²) in [5.41, 5.74) is 9.09. The van der Waals surface area contributed by atoms with E-state index in [0.717, 1.165) is 22.4 Å². The van der Waals surface area contributed by atoms with Gasteiger partial charge in [0.15, 0.2) is 0 Å². The third kappa shape index (κ3) is 1.38. The van der Waals surface area contributed by atoms with Gasteiger partial charge in [0.05, 0.1) is 22.4 Å². The van der Waals surface area contributed by atoms with E-state index in [1.807, 2.05) is 18.2 Å². The molecule has 78 valence electrons. The van der Waals surface area contributed by atoms with Crippen molar-refractivity contribution in [3.8, 4) is 11.4 Å². The van der Waals surface area contributed by atoms with Crippen molar-refractivity contribution in [1.82, 2.24) is 19.9 Å². The predicted octanol–water partition coefficient (Wildman–Crippen LogP) is 1.60. The molecule has 5 heteroatoms. The van der Waals surface area contributed by atoms with Crippen molar-refractivity contribution in [2.45, 2.75) is 0 Å². The van der Waals surface area contributed by atoms with Crippen molar-refractivity contribution in [3.05, 3.63) is 36.7 Å². The normalized spacial score (nSPS) is 10.8. The number of H-pyrrole nitrogens is 1. The number of aromatic nitrogens is 4. The minimum atomic E-state index is 0.268. The molecule has 0 saturated carbocycles. The molecule has 0 atom stereocenters. The Morgan fingerprint density at radius 3 is 2.88 bits per heavy atom. The van der Waals surface area contributed by atoms with Crippen LogP contribution < -0.4 is 5.73 Å². The van der Waals surface area contributed by atoms with E-state index in [-0.39, 0.29) is 5.95 Å². The maximum absolute atomic E-state index is 5.54. The van der Waals surface area contributed by atoms with E-state index < -0.39 is 0 Å². The standard InChI is InChI=1S/C11H9N5/c12-11-14-5-3-8(16-11)10-6-9-7(15-10)2-1-4-13-9/h1-6,15H,(H2,12,14,16). The van der Waals surface area contributed by atoms with Crippen LogP contribution in [0, 0.1) is 0 Å². The van der Waals surface area contributed by atoms with E-state index in [1.54, 1.807) is 18.5 Å². The molecule has 0 spiro atoms. The number of fused-ring (bicyclic) bond motifs is 1. The lowest BCUT2D eigenvalue weighted by atomic mass is 10.3. The van der Waals surface area contributed by atoms with Gasteiger partial charge in [-0.2, -0.15) is 0 Å². The number of pyridine rings is 1. The largest absolute Gasteiger partial charge is 0.368 e. The van der Waals surface area contributed by atoms with Crippen LogP contribution in [0.4, 0.5) is 5.95 Å². The van der Waals surface area contributed by atoms with E-state index in [4.69, 9.17) is 5.73 Å². The fourth-order valence-corrected chi connectivity index (χ4v) is 1.62. The summed E-state index contributed by atoms with van der Waals surface area (Å²) in [5.74, 6) is 0.268. The molecule has 0 aliphatic heterocycles. The maximum Gasteiger partial charge on any atom is 0.220 e. The van der Waals surface area contributed by atoms with Gasteiger partial charge in [-0.25, -0.2) is 9.97 Å². The molecule has 3 aromatic rings. The van der Waals surface area contributed by atoms with Crippen LogP contribution in [-0.4, -0.2) is 19.9 Å². The summed E-state index contributed by atoms with van der Waals surface area (Å²) in [5, 5.41) is 0. The Bertz CT molecular complexity index is 610. The Hall–Kier alpha value is -2.43. The molecule has 3 rings (SSSR count). The quantitative estimate of drug-likeness (QED) is 0.640. The summed E-state index contributed by atoms with van der Waals surface area (Å²) in [6, 6.07) is 7.60. The second-order valence-electron chi connectivity index (χ2n) is 3.42. The molecule has 5 nitrogen and oxygen atoms in total. The van der Waals surface area contributed by atoms with Gasteiger partial charge in [0.1, 0.15) is 0 Å². The molecule has 0 unspecified atom stereocenters. The Morgan fingerprint density at radius 1 is 1.12 bits per heavy atom. The average Bonchev–Trinajstić information content (AvgIpc) is 2.72. The number of nitrogens with one attached hydrogen (secondary N) is 1. The monoisotopic (exact) mass is 211 g/mol. The van der Waals surface area contributed by atoms with Gasteiger partial charge < -0.3 is 10.7 Å². The van der Waals surface area contributed by atoms with Crippen LogP contribution in [0.15, 0.2) is 36.7 Å². The minimum Gasteiger partial charge on any atom is -0.368 e. The van der Waals surface area contributed by atoms with Crippen molar-refractivity contribution in [2.75, 3.05) is 5.73 Å². The molecule has 0 bridgehead atoms. The molecular weight excluding hydrogens is 202 g/mol. The van der Waals surface area contributed by atoms with Crippen molar-refractivity contribution in [1.29, 1.82) is 0 Å². The Balaban J connectivity index is 2.19. The average molecular weight is 211 g/mol. The lowest BCUT2D eigenvalue weighted by molar-refractivity contribution is 1.18. The van der Waals surface area contributed by atoms with Crippen LogP contribution in [0.2, 0.25) is 0 Å². The highest BCUT2D eigenvalue weighted by molar-refractivity contribution is 5.81. The van der Waals surface area contributed by atoms with Crippen molar-refractivity contribution in [2.24, 2.45) is 0 Å². The second kappa shape index (κ2) is 3.30. The Kier molecular flexibility index (Phi) is 1.83. The first-order chi connectivity index (χ1) is 7.83. The smallest absolute Gasteiger partial charge is 0.220 e. The van der Waals surface area contributed by atoms with Gasteiger partial charge >= 0.3 is 0 Å². The number of hydrogen-bond acceptors (Lipinski definition) is 4. The summed E-state index contributed by atoms with van der Waals surface area (Å²) >= 11 is 0. The maximum atomic E-state index is 5.54. The molecule has 0 radical (unpaired) electrons. The zero-order valence-corrected chi connectivity index (χ0v) is 8.38. The van der Waals surface area contributed by atoms with Gasteiger partial charge in [-0.15, -0.1) is 0 Å². The number of nitrogens with two attached hydrogens (primary N) is 1. The molecule has 0 aliphatic carbocycles. The van der Waals surface area contributed by atoms with Crippen molar-refractivity contribution >= 4 is 17.0 Å². The first-order valence-corrected chi connectivity index (χ1v) is 4.85. The third-order valence-corrected chi connectivity index (χ3v) is 2.34. The summed E-state index contributed by atoms with van der Waals surface area (Å²) in [7, 11) is 0. The van der Waals surface area contributed by atoms with Crippen LogP contribution >= 0.6 is 0 Å². The number of aromatic amines is 1. The van der Waals surface area contributed by atoms with Crippen LogP contribution in [0.25, 0.3) is 22.4 Å². The van der Waals surface area contributed by atoms with Crippen molar-refractivity contribution in [3.63, 3.8) is 0 Å². The second-order valence-corrected chi connectivity index (χ2v) is 3.42. The van der Waals surface area contributed by atoms with E-state index in [9.17, 15) is 0 Å². The first kappa shape index (κ1) is 8.84. The molecular formula is C11H9N5. The van der Waals surface area contributed by atoms with E-state index >= 15 is 0 Å². The van der Waals surface area contributed by atoms with E-state index in [1.165, 1.54) is 0 Å². The summed E-state index contributed by atoms with van der Waals surface area (Å²) in [6.07, 6.45) is 3.39. The highest BCUT2D eigenvalue weighted by Crippen LogP contribution is 2.20. The number of rotatable bonds is 1. The predicted molar refractivity (Wildman–Crippen MR) is 61.5 cm³/mol. The topological polar surface area (TPSA) is 80.5 Å². The van der Waals surface area contributed by atoms with Crippen LogP contribution in [0.3, 0.4) is 0 Å². The highest BCUT2D eigenvalue weighted by Gasteiger charge is 2.05. The lowest BCUT2D eigenvalue weighted by Gasteiger charge is -1.96. The lowest BCUT2D eigenvalue weighted by Crippen LogP contribution is -1.94. The SMILES string of the molecule is Nc1nccc(-c2cc3ncccc3[nH]2)n1. The zero-order chi connectivity index (χ0) is 11.0. The van der Waals surface area contributed by atoms with Gasteiger partial charge in [0.2, 0.25) is 5.95 Å². The molecule has 0 amide bonds. The molecule has 0 saturated heterocycles. The van der Waals surface area contributed by atoms with Crippen LogP contribution in [0.1, 0.15) is 0 Å². The molecule has 0 aromatic carbocycles. The zero-order valence-electron chi connectivity index (χ0n) is 8.38. The summed E-state index contributed by atoms with van der Waals surface area (Å²) in [6.45, 7) is 0. The highest BCUT2D eigenvalue weighted by atomic mass is 15.0. The van der Waals surface area contributed by atoms with Crippen LogP contribution in [-0.2, 0) is 0 Å². The Labute approximate surface area is 91.4 Å². The van der Waals surface area contributed by atoms with E-state index in [2.05, 4.69) is 19.9 Å².